The summed E-state index contributed by atoms with van der Waals surface area (Å²) in [6.07, 6.45) is 4.02. The number of para-hydroxylation sites is 1. The molecule has 1 amide bonds. The van der Waals surface area contributed by atoms with Crippen molar-refractivity contribution in [3.8, 4) is 0 Å². The van der Waals surface area contributed by atoms with Crippen LogP contribution in [0.15, 0.2) is 49.3 Å². The zero-order valence-corrected chi connectivity index (χ0v) is 11.6. The molecule has 0 saturated carbocycles. The van der Waals surface area contributed by atoms with E-state index in [1.807, 2.05) is 18.2 Å². The van der Waals surface area contributed by atoms with E-state index in [0.717, 1.165) is 12.1 Å². The summed E-state index contributed by atoms with van der Waals surface area (Å²) in [4.78, 5) is 22.6. The molecule has 1 aromatic carbocycles. The summed E-state index contributed by atoms with van der Waals surface area (Å²) in [6, 6.07) is 9.64. The molecule has 0 bridgehead atoms. The van der Waals surface area contributed by atoms with Gasteiger partial charge in [0.25, 0.3) is 5.91 Å². The lowest BCUT2D eigenvalue weighted by molar-refractivity contribution is 0.0984. The van der Waals surface area contributed by atoms with Crippen LogP contribution in [0.2, 0.25) is 0 Å². The highest BCUT2D eigenvalue weighted by Crippen LogP contribution is 2.28. The Bertz CT molecular complexity index is 683. The van der Waals surface area contributed by atoms with E-state index in [4.69, 9.17) is 0 Å². The molecule has 0 radical (unpaired) electrons. The van der Waals surface area contributed by atoms with Gasteiger partial charge in [-0.25, -0.2) is 9.97 Å². The molecule has 1 N–H and O–H groups in total. The number of hydrogen-bond donors (Lipinski definition) is 1. The number of rotatable bonds is 4. The molecule has 106 valence electrons. The van der Waals surface area contributed by atoms with E-state index in [2.05, 4.69) is 27.9 Å². The Morgan fingerprint density at radius 2 is 2.24 bits per heavy atom. The second kappa shape index (κ2) is 5.75. The smallest absolute Gasteiger partial charge is 0.277 e. The molecule has 5 heteroatoms. The SMILES string of the molecule is C=CCNc1cc(C(=O)N2CCc3ccccc32)ncn1. The standard InChI is InChI=1S/C16H16N4O/c1-2-8-17-15-10-13(18-11-19-15)16(21)20-9-7-12-5-3-4-6-14(12)20/h2-6,10-11H,1,7-9H2,(H,17,18,19). The van der Waals surface area contributed by atoms with Gasteiger partial charge < -0.3 is 10.2 Å². The van der Waals surface area contributed by atoms with Gasteiger partial charge in [0, 0.05) is 24.8 Å². The molecule has 1 aliphatic rings. The fourth-order valence-corrected chi connectivity index (χ4v) is 2.44. The topological polar surface area (TPSA) is 58.1 Å². The van der Waals surface area contributed by atoms with Crippen LogP contribution in [0, 0.1) is 0 Å². The number of aromatic nitrogens is 2. The molecule has 2 heterocycles. The minimum atomic E-state index is -0.0935. The zero-order chi connectivity index (χ0) is 14.7. The van der Waals surface area contributed by atoms with E-state index >= 15 is 0 Å². The fourth-order valence-electron chi connectivity index (χ4n) is 2.44. The molecule has 5 nitrogen and oxygen atoms in total. The number of hydrogen-bond acceptors (Lipinski definition) is 4. The predicted molar refractivity (Wildman–Crippen MR) is 82.5 cm³/mol. The predicted octanol–water partition coefficient (Wildman–Crippen LogP) is 2.28. The van der Waals surface area contributed by atoms with Crippen molar-refractivity contribution in [2.45, 2.75) is 6.42 Å². The molecular formula is C16H16N4O. The Balaban J connectivity index is 1.84. The van der Waals surface area contributed by atoms with Crippen LogP contribution in [0.4, 0.5) is 11.5 Å². The van der Waals surface area contributed by atoms with Crippen LogP contribution >= 0.6 is 0 Å². The van der Waals surface area contributed by atoms with E-state index in [1.165, 1.54) is 11.9 Å². The normalized spacial score (nSPS) is 12.9. The maximum Gasteiger partial charge on any atom is 0.277 e. The van der Waals surface area contributed by atoms with Crippen molar-refractivity contribution in [1.29, 1.82) is 0 Å². The third-order valence-corrected chi connectivity index (χ3v) is 3.45. The molecule has 1 aliphatic heterocycles. The Morgan fingerprint density at radius 1 is 1.38 bits per heavy atom. The van der Waals surface area contributed by atoms with Crippen molar-refractivity contribution in [1.82, 2.24) is 9.97 Å². The third kappa shape index (κ3) is 2.63. The lowest BCUT2D eigenvalue weighted by Crippen LogP contribution is -2.29. The second-order valence-electron chi connectivity index (χ2n) is 4.79. The van der Waals surface area contributed by atoms with Crippen molar-refractivity contribution in [2.24, 2.45) is 0 Å². The van der Waals surface area contributed by atoms with Gasteiger partial charge >= 0.3 is 0 Å². The molecule has 1 aromatic heterocycles. The van der Waals surface area contributed by atoms with E-state index in [1.54, 1.807) is 17.0 Å². The summed E-state index contributed by atoms with van der Waals surface area (Å²) in [7, 11) is 0. The summed E-state index contributed by atoms with van der Waals surface area (Å²) in [5, 5.41) is 3.06. The number of fused-ring (bicyclic) bond motifs is 1. The zero-order valence-electron chi connectivity index (χ0n) is 11.6. The van der Waals surface area contributed by atoms with Gasteiger partial charge in [0.1, 0.15) is 17.8 Å². The molecule has 21 heavy (non-hydrogen) atoms. The highest BCUT2D eigenvalue weighted by molar-refractivity contribution is 6.06. The molecular weight excluding hydrogens is 264 g/mol. The first-order chi connectivity index (χ1) is 10.3. The largest absolute Gasteiger partial charge is 0.366 e. The van der Waals surface area contributed by atoms with Gasteiger partial charge in [-0.1, -0.05) is 24.3 Å². The average molecular weight is 280 g/mol. The number of carbonyl (C=O) groups excluding carboxylic acids is 1. The lowest BCUT2D eigenvalue weighted by Gasteiger charge is -2.16. The molecule has 0 atom stereocenters. The van der Waals surface area contributed by atoms with E-state index in [-0.39, 0.29) is 5.91 Å². The van der Waals surface area contributed by atoms with Gasteiger partial charge in [-0.05, 0) is 18.1 Å². The second-order valence-corrected chi connectivity index (χ2v) is 4.79. The number of benzene rings is 1. The first-order valence-electron chi connectivity index (χ1n) is 6.86. The summed E-state index contributed by atoms with van der Waals surface area (Å²) in [5.41, 5.74) is 2.57. The number of nitrogens with one attached hydrogen (secondary N) is 1. The Hall–Kier alpha value is -2.69. The van der Waals surface area contributed by atoms with E-state index in [9.17, 15) is 4.79 Å². The van der Waals surface area contributed by atoms with Crippen LogP contribution in [0.3, 0.4) is 0 Å². The van der Waals surface area contributed by atoms with Gasteiger partial charge in [0.2, 0.25) is 0 Å². The molecule has 0 fully saturated rings. The van der Waals surface area contributed by atoms with Crippen molar-refractivity contribution in [3.05, 3.63) is 60.6 Å². The van der Waals surface area contributed by atoms with Gasteiger partial charge in [0.15, 0.2) is 0 Å². The highest BCUT2D eigenvalue weighted by atomic mass is 16.2. The quantitative estimate of drug-likeness (QED) is 0.873. The molecule has 0 aliphatic carbocycles. The molecule has 0 saturated heterocycles. The molecule has 2 aromatic rings. The highest BCUT2D eigenvalue weighted by Gasteiger charge is 2.26. The molecule has 0 spiro atoms. The molecule has 3 rings (SSSR count). The summed E-state index contributed by atoms with van der Waals surface area (Å²) < 4.78 is 0. The van der Waals surface area contributed by atoms with Gasteiger partial charge in [-0.15, -0.1) is 6.58 Å². The van der Waals surface area contributed by atoms with E-state index < -0.39 is 0 Å². The lowest BCUT2D eigenvalue weighted by atomic mass is 10.2. The maximum absolute atomic E-state index is 12.6. The first-order valence-corrected chi connectivity index (χ1v) is 6.86. The van der Waals surface area contributed by atoms with Gasteiger partial charge in [0.05, 0.1) is 0 Å². The average Bonchev–Trinajstić information content (AvgIpc) is 2.96. The number of carbonyl (C=O) groups is 1. The monoisotopic (exact) mass is 280 g/mol. The van der Waals surface area contributed by atoms with Crippen LogP contribution in [0.1, 0.15) is 16.1 Å². The Morgan fingerprint density at radius 3 is 3.10 bits per heavy atom. The summed E-state index contributed by atoms with van der Waals surface area (Å²) in [6.45, 7) is 4.93. The Kier molecular flexibility index (Phi) is 3.64. The van der Waals surface area contributed by atoms with Crippen LogP contribution < -0.4 is 10.2 Å². The molecule has 0 unspecified atom stereocenters. The minimum absolute atomic E-state index is 0.0935. The minimum Gasteiger partial charge on any atom is -0.366 e. The first kappa shape index (κ1) is 13.3. The maximum atomic E-state index is 12.6. The van der Waals surface area contributed by atoms with Crippen molar-refractivity contribution in [2.75, 3.05) is 23.3 Å². The van der Waals surface area contributed by atoms with E-state index in [0.29, 0.717) is 24.6 Å². The van der Waals surface area contributed by atoms with Gasteiger partial charge in [-0.2, -0.15) is 0 Å². The van der Waals surface area contributed by atoms with Gasteiger partial charge in [-0.3, -0.25) is 4.79 Å². The van der Waals surface area contributed by atoms with Crippen LogP contribution in [-0.4, -0.2) is 29.0 Å². The number of nitrogens with zero attached hydrogens (tertiary/aromatic N) is 3. The van der Waals surface area contributed by atoms with Crippen LogP contribution in [-0.2, 0) is 6.42 Å². The van der Waals surface area contributed by atoms with Crippen molar-refractivity contribution in [3.63, 3.8) is 0 Å². The van der Waals surface area contributed by atoms with Crippen molar-refractivity contribution >= 4 is 17.4 Å². The Labute approximate surface area is 123 Å². The number of anilines is 2. The number of amides is 1. The third-order valence-electron chi connectivity index (χ3n) is 3.45. The fraction of sp³-hybridized carbons (Fsp3) is 0.188. The van der Waals surface area contributed by atoms with Crippen LogP contribution in [0.25, 0.3) is 0 Å². The van der Waals surface area contributed by atoms with Crippen LogP contribution in [0.5, 0.6) is 0 Å². The van der Waals surface area contributed by atoms with Crippen molar-refractivity contribution < 1.29 is 4.79 Å². The summed E-state index contributed by atoms with van der Waals surface area (Å²) >= 11 is 0. The summed E-state index contributed by atoms with van der Waals surface area (Å²) in [5.74, 6) is 0.532.